The summed E-state index contributed by atoms with van der Waals surface area (Å²) in [6.07, 6.45) is -4.05. The van der Waals surface area contributed by atoms with E-state index < -0.39 is 23.4 Å². The first-order valence-corrected chi connectivity index (χ1v) is 11.5. The Kier molecular flexibility index (Phi) is 7.39. The Labute approximate surface area is 208 Å². The summed E-state index contributed by atoms with van der Waals surface area (Å²) in [7, 11) is 1.47. The van der Waals surface area contributed by atoms with E-state index in [4.69, 9.17) is 9.84 Å². The van der Waals surface area contributed by atoms with E-state index in [0.29, 0.717) is 12.8 Å². The van der Waals surface area contributed by atoms with E-state index in [2.05, 4.69) is 9.72 Å². The number of aromatic nitrogens is 4. The van der Waals surface area contributed by atoms with E-state index in [0.717, 1.165) is 27.8 Å². The molecule has 0 fully saturated rings. The van der Waals surface area contributed by atoms with Gasteiger partial charge in [0.15, 0.2) is 11.2 Å². The third-order valence-corrected chi connectivity index (χ3v) is 5.70. The quantitative estimate of drug-likeness (QED) is 0.339. The molecule has 0 saturated heterocycles. The third-order valence-electron chi connectivity index (χ3n) is 5.70. The molecule has 0 amide bonds. The van der Waals surface area contributed by atoms with E-state index >= 15 is 0 Å². The normalized spacial score (nSPS) is 11.7. The van der Waals surface area contributed by atoms with Gasteiger partial charge in [-0.2, -0.15) is 4.98 Å². The SMILES string of the molecule is Cc1ccc(Cn2c(Oc3cccc(OC(F)(F)F)c3)nc3c2c(=O)n(CCCCO)c(=O)n3C)cc1. The van der Waals surface area contributed by atoms with Crippen molar-refractivity contribution in [2.75, 3.05) is 6.61 Å². The van der Waals surface area contributed by atoms with Crippen LogP contribution in [0.5, 0.6) is 17.5 Å². The second kappa shape index (κ2) is 10.5. The number of fused-ring (bicyclic) bond motifs is 1. The lowest BCUT2D eigenvalue weighted by Gasteiger charge is -2.13. The third kappa shape index (κ3) is 5.85. The molecule has 0 aliphatic rings. The number of nitrogens with zero attached hydrogens (tertiary/aromatic N) is 4. The summed E-state index contributed by atoms with van der Waals surface area (Å²) in [5, 5.41) is 9.09. The predicted octanol–water partition coefficient (Wildman–Crippen LogP) is 3.72. The topological polar surface area (TPSA) is 101 Å². The van der Waals surface area contributed by atoms with Crippen molar-refractivity contribution in [3.05, 3.63) is 80.5 Å². The Morgan fingerprint density at radius 1 is 1.00 bits per heavy atom. The lowest BCUT2D eigenvalue weighted by Crippen LogP contribution is -2.39. The maximum absolute atomic E-state index is 13.5. The van der Waals surface area contributed by atoms with Crippen LogP contribution in [0.3, 0.4) is 0 Å². The minimum atomic E-state index is -4.88. The fourth-order valence-corrected chi connectivity index (χ4v) is 3.87. The molecule has 0 unspecified atom stereocenters. The van der Waals surface area contributed by atoms with Crippen LogP contribution in [0.25, 0.3) is 11.2 Å². The monoisotopic (exact) mass is 518 g/mol. The first kappa shape index (κ1) is 26.0. The highest BCUT2D eigenvalue weighted by Crippen LogP contribution is 2.30. The predicted molar refractivity (Wildman–Crippen MR) is 129 cm³/mol. The van der Waals surface area contributed by atoms with Crippen molar-refractivity contribution < 1.29 is 27.8 Å². The molecule has 2 heterocycles. The molecule has 9 nitrogen and oxygen atoms in total. The maximum Gasteiger partial charge on any atom is 0.573 e. The van der Waals surface area contributed by atoms with Gasteiger partial charge in [-0.25, -0.2) is 4.79 Å². The summed E-state index contributed by atoms with van der Waals surface area (Å²) in [6, 6.07) is 12.4. The molecule has 4 rings (SSSR count). The fraction of sp³-hybridized carbons (Fsp3) is 0.320. The molecule has 0 aliphatic heterocycles. The lowest BCUT2D eigenvalue weighted by molar-refractivity contribution is -0.274. The smallest absolute Gasteiger partial charge is 0.425 e. The number of alkyl halides is 3. The Bertz CT molecular complexity index is 1520. The molecule has 0 saturated carbocycles. The van der Waals surface area contributed by atoms with E-state index in [-0.39, 0.29) is 42.6 Å². The minimum Gasteiger partial charge on any atom is -0.425 e. The molecule has 0 atom stereocenters. The molecular formula is C25H25F3N4O5. The number of aliphatic hydroxyl groups excluding tert-OH is 1. The van der Waals surface area contributed by atoms with Crippen molar-refractivity contribution >= 4 is 11.2 Å². The molecule has 0 radical (unpaired) electrons. The number of hydrogen-bond donors (Lipinski definition) is 1. The number of rotatable bonds is 9. The van der Waals surface area contributed by atoms with Gasteiger partial charge < -0.3 is 14.6 Å². The van der Waals surface area contributed by atoms with Crippen LogP contribution in [0.15, 0.2) is 58.1 Å². The van der Waals surface area contributed by atoms with Gasteiger partial charge in [0, 0.05) is 26.3 Å². The van der Waals surface area contributed by atoms with Crippen molar-refractivity contribution in [3.8, 4) is 17.5 Å². The summed E-state index contributed by atoms with van der Waals surface area (Å²) in [6.45, 7) is 2.11. The summed E-state index contributed by atoms with van der Waals surface area (Å²) < 4.78 is 51.7. The van der Waals surface area contributed by atoms with Gasteiger partial charge in [-0.3, -0.25) is 18.5 Å². The number of ether oxygens (including phenoxy) is 2. The molecule has 0 bridgehead atoms. The van der Waals surface area contributed by atoms with Crippen molar-refractivity contribution in [2.45, 2.75) is 39.2 Å². The fourth-order valence-electron chi connectivity index (χ4n) is 3.87. The van der Waals surface area contributed by atoms with Gasteiger partial charge in [0.25, 0.3) is 5.56 Å². The number of halogens is 3. The highest BCUT2D eigenvalue weighted by molar-refractivity contribution is 5.72. The molecule has 2 aromatic heterocycles. The van der Waals surface area contributed by atoms with Crippen molar-refractivity contribution in [1.82, 2.24) is 18.7 Å². The molecule has 0 aliphatic carbocycles. The van der Waals surface area contributed by atoms with Crippen molar-refractivity contribution in [2.24, 2.45) is 7.05 Å². The summed E-state index contributed by atoms with van der Waals surface area (Å²) >= 11 is 0. The number of aryl methyl sites for hydroxylation is 2. The molecule has 12 heteroatoms. The minimum absolute atomic E-state index is 0.00418. The number of unbranched alkanes of at least 4 members (excludes halogenated alkanes) is 1. The average Bonchev–Trinajstić information content (AvgIpc) is 3.18. The zero-order valence-electron chi connectivity index (χ0n) is 20.2. The Balaban J connectivity index is 1.85. The van der Waals surface area contributed by atoms with E-state index in [9.17, 15) is 22.8 Å². The second-order valence-electron chi connectivity index (χ2n) is 8.49. The molecule has 1 N–H and O–H groups in total. The molecule has 4 aromatic rings. The van der Waals surface area contributed by atoms with E-state index in [1.165, 1.54) is 28.3 Å². The number of imidazole rings is 1. The first-order chi connectivity index (χ1) is 17.6. The lowest BCUT2D eigenvalue weighted by atomic mass is 10.1. The van der Waals surface area contributed by atoms with Gasteiger partial charge in [0.1, 0.15) is 11.5 Å². The van der Waals surface area contributed by atoms with Crippen LogP contribution < -0.4 is 20.7 Å². The zero-order chi connectivity index (χ0) is 26.7. The number of aliphatic hydroxyl groups is 1. The Morgan fingerprint density at radius 3 is 2.38 bits per heavy atom. The van der Waals surface area contributed by atoms with Crippen LogP contribution in [0.2, 0.25) is 0 Å². The zero-order valence-corrected chi connectivity index (χ0v) is 20.2. The Hall–Kier alpha value is -4.06. The summed E-state index contributed by atoms with van der Waals surface area (Å²) in [4.78, 5) is 30.7. The van der Waals surface area contributed by atoms with Crippen LogP contribution in [-0.2, 0) is 20.1 Å². The molecule has 0 spiro atoms. The van der Waals surface area contributed by atoms with Gasteiger partial charge in [-0.15, -0.1) is 13.2 Å². The van der Waals surface area contributed by atoms with Gasteiger partial charge in [0.2, 0.25) is 0 Å². The van der Waals surface area contributed by atoms with Crippen LogP contribution in [0, 0.1) is 6.92 Å². The summed E-state index contributed by atoms with van der Waals surface area (Å²) in [5.74, 6) is -0.486. The highest BCUT2D eigenvalue weighted by Gasteiger charge is 2.31. The van der Waals surface area contributed by atoms with E-state index in [1.54, 1.807) is 0 Å². The number of benzene rings is 2. The highest BCUT2D eigenvalue weighted by atomic mass is 19.4. The van der Waals surface area contributed by atoms with Gasteiger partial charge in [-0.05, 0) is 37.5 Å². The second-order valence-corrected chi connectivity index (χ2v) is 8.49. The average molecular weight is 518 g/mol. The first-order valence-electron chi connectivity index (χ1n) is 11.5. The number of hydrogen-bond acceptors (Lipinski definition) is 6. The van der Waals surface area contributed by atoms with E-state index in [1.807, 2.05) is 31.2 Å². The standard InChI is InChI=1S/C25H25F3N4O5/c1-16-8-10-17(11-9-16)15-32-20-21(30(2)24(35)31(22(20)34)12-3-4-13-33)29-23(32)36-18-6-5-7-19(14-18)37-25(26,27)28/h5-11,14,33H,3-4,12-13,15H2,1-2H3. The largest absolute Gasteiger partial charge is 0.573 e. The van der Waals surface area contributed by atoms with Crippen LogP contribution in [0.4, 0.5) is 13.2 Å². The molecule has 196 valence electrons. The van der Waals surface area contributed by atoms with Gasteiger partial charge in [-0.1, -0.05) is 35.9 Å². The van der Waals surface area contributed by atoms with Crippen LogP contribution >= 0.6 is 0 Å². The molecule has 2 aromatic carbocycles. The van der Waals surface area contributed by atoms with Crippen molar-refractivity contribution in [3.63, 3.8) is 0 Å². The van der Waals surface area contributed by atoms with Gasteiger partial charge in [0.05, 0.1) is 6.54 Å². The maximum atomic E-state index is 13.5. The van der Waals surface area contributed by atoms with Gasteiger partial charge >= 0.3 is 18.1 Å². The summed E-state index contributed by atoms with van der Waals surface area (Å²) in [5.41, 5.74) is 0.847. The Morgan fingerprint density at radius 2 is 1.70 bits per heavy atom. The van der Waals surface area contributed by atoms with Crippen LogP contribution in [-0.4, -0.2) is 36.8 Å². The van der Waals surface area contributed by atoms with Crippen LogP contribution in [0.1, 0.15) is 24.0 Å². The molecular weight excluding hydrogens is 493 g/mol. The molecule has 37 heavy (non-hydrogen) atoms. The van der Waals surface area contributed by atoms with Crippen molar-refractivity contribution in [1.29, 1.82) is 0 Å².